The van der Waals surface area contributed by atoms with E-state index in [2.05, 4.69) is 0 Å². The molecule has 0 saturated heterocycles. The minimum Gasteiger partial charge on any atom is -0.486 e. The Morgan fingerprint density at radius 2 is 1.93 bits per heavy atom. The summed E-state index contributed by atoms with van der Waals surface area (Å²) < 4.78 is 6.08. The van der Waals surface area contributed by atoms with Gasteiger partial charge in [0.25, 0.3) is 0 Å². The predicted octanol–water partition coefficient (Wildman–Crippen LogP) is 3.67. The van der Waals surface area contributed by atoms with Crippen molar-refractivity contribution in [2.45, 2.75) is 71.2 Å². The van der Waals surface area contributed by atoms with Gasteiger partial charge in [-0.2, -0.15) is 0 Å². The molecule has 5 nitrogen and oxygen atoms in total. The molecule has 1 heterocycles. The normalized spacial score (nSPS) is 18.7. The van der Waals surface area contributed by atoms with Crippen molar-refractivity contribution in [1.82, 2.24) is 0 Å². The van der Waals surface area contributed by atoms with Crippen molar-refractivity contribution >= 4 is 5.97 Å². The number of rotatable bonds is 7. The molecule has 0 aliphatic carbocycles. The number of carboxylic acid groups (broad SMARTS) is 1. The van der Waals surface area contributed by atoms with Crippen LogP contribution in [0.25, 0.3) is 0 Å². The van der Waals surface area contributed by atoms with Gasteiger partial charge in [0.05, 0.1) is 11.2 Å². The molecule has 1 aromatic carbocycles. The fourth-order valence-corrected chi connectivity index (χ4v) is 3.09. The molecule has 0 aromatic heterocycles. The third-order valence-corrected chi connectivity index (χ3v) is 4.64. The van der Waals surface area contributed by atoms with Crippen LogP contribution in [-0.4, -0.2) is 38.6 Å². The Balaban J connectivity index is 2.28. The molecule has 2 unspecified atom stereocenters. The quantitative estimate of drug-likeness (QED) is 0.634. The maximum Gasteiger partial charge on any atom is 0.335 e. The zero-order chi connectivity index (χ0) is 20.4. The molecule has 5 heteroatoms. The average Bonchev–Trinajstić information content (AvgIpc) is 2.95. The van der Waals surface area contributed by atoms with Crippen molar-refractivity contribution in [3.8, 4) is 5.75 Å². The third-order valence-electron chi connectivity index (χ3n) is 4.64. The van der Waals surface area contributed by atoms with Crippen LogP contribution < -0.4 is 4.74 Å². The first-order valence-corrected chi connectivity index (χ1v) is 9.20. The Labute approximate surface area is 161 Å². The molecule has 3 N–H and O–H groups in total. The van der Waals surface area contributed by atoms with E-state index in [1.807, 2.05) is 19.9 Å². The minimum absolute atomic E-state index is 0.233. The van der Waals surface area contributed by atoms with E-state index in [9.17, 15) is 20.1 Å². The van der Waals surface area contributed by atoms with E-state index in [-0.39, 0.29) is 5.56 Å². The van der Waals surface area contributed by atoms with Gasteiger partial charge in [-0.15, -0.1) is 0 Å². The number of benzene rings is 1. The number of aromatic carboxylic acids is 1. The van der Waals surface area contributed by atoms with Crippen LogP contribution in [0.2, 0.25) is 0 Å². The van der Waals surface area contributed by atoms with E-state index in [0.29, 0.717) is 25.0 Å². The summed E-state index contributed by atoms with van der Waals surface area (Å²) in [4.78, 5) is 11.5. The van der Waals surface area contributed by atoms with Crippen molar-refractivity contribution in [2.75, 3.05) is 0 Å². The van der Waals surface area contributed by atoms with Gasteiger partial charge in [0.2, 0.25) is 0 Å². The van der Waals surface area contributed by atoms with Crippen molar-refractivity contribution < 1.29 is 24.9 Å². The van der Waals surface area contributed by atoms with Gasteiger partial charge in [-0.3, -0.25) is 0 Å². The fourth-order valence-electron chi connectivity index (χ4n) is 3.09. The maximum atomic E-state index is 11.5. The second kappa shape index (κ2) is 7.87. The Morgan fingerprint density at radius 1 is 1.26 bits per heavy atom. The molecule has 1 aromatic rings. The predicted molar refractivity (Wildman–Crippen MR) is 105 cm³/mol. The molecule has 0 saturated carbocycles. The molecule has 0 amide bonds. The fraction of sp³-hybridized carbons (Fsp3) is 0.500. The molecule has 2 rings (SSSR count). The van der Waals surface area contributed by atoms with Gasteiger partial charge in [0.1, 0.15) is 17.5 Å². The van der Waals surface area contributed by atoms with Crippen LogP contribution in [0.1, 0.15) is 62.5 Å². The van der Waals surface area contributed by atoms with Crippen molar-refractivity contribution in [3.63, 3.8) is 0 Å². The maximum absolute atomic E-state index is 11.5. The van der Waals surface area contributed by atoms with Gasteiger partial charge in [-0.25, -0.2) is 4.79 Å². The SMILES string of the molecule is CC(C)=CCc1cc(C(=O)O)cc2c1OC(C(C)(O)CC=CC(C)(C)O)C2. The molecule has 0 fully saturated rings. The second-order valence-corrected chi connectivity index (χ2v) is 8.34. The lowest BCUT2D eigenvalue weighted by molar-refractivity contribution is -0.0359. The van der Waals surface area contributed by atoms with Crippen LogP contribution in [-0.2, 0) is 12.8 Å². The van der Waals surface area contributed by atoms with Gasteiger partial charge in [0, 0.05) is 6.42 Å². The van der Waals surface area contributed by atoms with Crippen molar-refractivity contribution in [2.24, 2.45) is 0 Å². The number of hydrogen-bond acceptors (Lipinski definition) is 4. The monoisotopic (exact) mass is 374 g/mol. The first kappa shape index (κ1) is 21.2. The standard InChI is InChI=1S/C22H30O5/c1-14(2)7-8-15-11-17(20(23)24)12-16-13-18(27-19(15)16)22(5,26)10-6-9-21(3,4)25/h6-7,9,11-12,18,25-26H,8,10,13H2,1-5H3,(H,23,24). The zero-order valence-corrected chi connectivity index (χ0v) is 16.7. The van der Waals surface area contributed by atoms with Gasteiger partial charge < -0.3 is 20.1 Å². The molecule has 27 heavy (non-hydrogen) atoms. The molecule has 0 bridgehead atoms. The lowest BCUT2D eigenvalue weighted by atomic mass is 9.90. The van der Waals surface area contributed by atoms with Crippen LogP contribution in [0, 0.1) is 0 Å². The van der Waals surface area contributed by atoms with Crippen LogP contribution in [0.5, 0.6) is 5.75 Å². The molecule has 1 aliphatic heterocycles. The summed E-state index contributed by atoms with van der Waals surface area (Å²) in [5, 5.41) is 30.1. The Morgan fingerprint density at radius 3 is 2.48 bits per heavy atom. The van der Waals surface area contributed by atoms with E-state index < -0.39 is 23.3 Å². The van der Waals surface area contributed by atoms with Crippen LogP contribution in [0.15, 0.2) is 35.9 Å². The lowest BCUT2D eigenvalue weighted by Crippen LogP contribution is -2.42. The van der Waals surface area contributed by atoms with Gasteiger partial charge in [-0.05, 0) is 70.7 Å². The summed E-state index contributed by atoms with van der Waals surface area (Å²) in [6, 6.07) is 3.28. The largest absolute Gasteiger partial charge is 0.486 e. The van der Waals surface area contributed by atoms with Gasteiger partial charge >= 0.3 is 5.97 Å². The second-order valence-electron chi connectivity index (χ2n) is 8.34. The summed E-state index contributed by atoms with van der Waals surface area (Å²) in [6.45, 7) is 9.02. The smallest absolute Gasteiger partial charge is 0.335 e. The Bertz CT molecular complexity index is 762. The Kier molecular flexibility index (Phi) is 6.17. The molecule has 0 radical (unpaired) electrons. The first-order valence-electron chi connectivity index (χ1n) is 9.20. The Hall–Kier alpha value is -2.11. The summed E-state index contributed by atoms with van der Waals surface area (Å²) in [5.41, 5.74) is 0.918. The highest BCUT2D eigenvalue weighted by molar-refractivity contribution is 5.88. The highest BCUT2D eigenvalue weighted by Crippen LogP contribution is 2.38. The third kappa shape index (κ3) is 5.68. The number of carboxylic acids is 1. The lowest BCUT2D eigenvalue weighted by Gasteiger charge is -2.28. The highest BCUT2D eigenvalue weighted by Gasteiger charge is 2.39. The molecular formula is C22H30O5. The number of aliphatic hydroxyl groups is 2. The average molecular weight is 374 g/mol. The first-order chi connectivity index (χ1) is 12.4. The highest BCUT2D eigenvalue weighted by atomic mass is 16.5. The van der Waals surface area contributed by atoms with Gasteiger partial charge in [0.15, 0.2) is 0 Å². The summed E-state index contributed by atoms with van der Waals surface area (Å²) >= 11 is 0. The van der Waals surface area contributed by atoms with Crippen LogP contribution in [0.3, 0.4) is 0 Å². The van der Waals surface area contributed by atoms with E-state index in [1.165, 1.54) is 0 Å². The van der Waals surface area contributed by atoms with Crippen LogP contribution in [0.4, 0.5) is 0 Å². The van der Waals surface area contributed by atoms with Crippen LogP contribution >= 0.6 is 0 Å². The van der Waals surface area contributed by atoms with Gasteiger partial charge in [-0.1, -0.05) is 23.8 Å². The van der Waals surface area contributed by atoms with E-state index in [1.54, 1.807) is 45.1 Å². The summed E-state index contributed by atoms with van der Waals surface area (Å²) in [5.74, 6) is -0.297. The summed E-state index contributed by atoms with van der Waals surface area (Å²) in [7, 11) is 0. The number of ether oxygens (including phenoxy) is 1. The number of hydrogen-bond donors (Lipinski definition) is 3. The number of fused-ring (bicyclic) bond motifs is 1. The van der Waals surface area contributed by atoms with E-state index >= 15 is 0 Å². The van der Waals surface area contributed by atoms with E-state index in [0.717, 1.165) is 16.7 Å². The van der Waals surface area contributed by atoms with Crippen molar-refractivity contribution in [3.05, 3.63) is 52.6 Å². The van der Waals surface area contributed by atoms with Crippen molar-refractivity contribution in [1.29, 1.82) is 0 Å². The number of carbonyl (C=O) groups is 1. The molecule has 2 atom stereocenters. The zero-order valence-electron chi connectivity index (χ0n) is 16.7. The minimum atomic E-state index is -1.14. The topological polar surface area (TPSA) is 87.0 Å². The molecular weight excluding hydrogens is 344 g/mol. The summed E-state index contributed by atoms with van der Waals surface area (Å²) in [6.07, 6.45) is 6.30. The molecule has 1 aliphatic rings. The molecule has 148 valence electrons. The van der Waals surface area contributed by atoms with E-state index in [4.69, 9.17) is 4.74 Å². The number of allylic oxidation sites excluding steroid dienone is 2. The molecule has 0 spiro atoms.